The van der Waals surface area contributed by atoms with E-state index in [0.29, 0.717) is 29.7 Å². The number of hydrogen-bond acceptors (Lipinski definition) is 4. The number of alkyl halides is 2. The Bertz CT molecular complexity index is 845. The quantitative estimate of drug-likeness (QED) is 0.755. The molecule has 1 fully saturated rings. The second-order valence-electron chi connectivity index (χ2n) is 8.14. The molecule has 0 bridgehead atoms. The molecular weight excluding hydrogens is 370 g/mol. The van der Waals surface area contributed by atoms with Gasteiger partial charge in [-0.2, -0.15) is 5.26 Å². The number of halogens is 2. The predicted octanol–water partition coefficient (Wildman–Crippen LogP) is 4.35. The molecule has 2 N–H and O–H groups in total. The summed E-state index contributed by atoms with van der Waals surface area (Å²) in [5.41, 5.74) is 1.90. The van der Waals surface area contributed by atoms with Crippen molar-refractivity contribution >= 4 is 22.4 Å². The predicted molar refractivity (Wildman–Crippen MR) is 101 cm³/mol. The van der Waals surface area contributed by atoms with Crippen molar-refractivity contribution in [1.29, 1.82) is 5.26 Å². The molecule has 0 radical (unpaired) electrons. The highest BCUT2D eigenvalue weighted by Crippen LogP contribution is 2.41. The first-order valence-electron chi connectivity index (χ1n) is 9.05. The standard InChI is InChI=1S/C19H24F2N4OS/c1-18(2,3)27(26)25-16(13-6-8-19(20,21)9-7-13)17-23-14-5-4-12(11-22)10-15(14)24-17/h4-5,10,13,16,25H,6-9H2,1-3H3,(H,23,24)/t16-,27?/m0/s1. The summed E-state index contributed by atoms with van der Waals surface area (Å²) in [4.78, 5) is 7.79. The number of imidazole rings is 1. The minimum Gasteiger partial charge on any atom is -0.598 e. The highest BCUT2D eigenvalue weighted by molar-refractivity contribution is 7.90. The Hall–Kier alpha value is -1.69. The topological polar surface area (TPSA) is 87.6 Å². The molecule has 27 heavy (non-hydrogen) atoms. The first kappa shape index (κ1) is 20.1. The van der Waals surface area contributed by atoms with E-state index in [0.717, 1.165) is 5.52 Å². The maximum atomic E-state index is 13.6. The molecule has 1 aromatic heterocycles. The van der Waals surface area contributed by atoms with Gasteiger partial charge in [0.2, 0.25) is 5.92 Å². The van der Waals surface area contributed by atoms with Crippen LogP contribution in [-0.4, -0.2) is 25.2 Å². The molecule has 1 aliphatic carbocycles. The van der Waals surface area contributed by atoms with Crippen molar-refractivity contribution in [2.45, 2.75) is 63.2 Å². The van der Waals surface area contributed by atoms with E-state index in [1.807, 2.05) is 20.8 Å². The van der Waals surface area contributed by atoms with Crippen molar-refractivity contribution in [3.63, 3.8) is 0 Å². The second-order valence-corrected chi connectivity index (χ2v) is 10.1. The van der Waals surface area contributed by atoms with Crippen LogP contribution >= 0.6 is 0 Å². The van der Waals surface area contributed by atoms with Gasteiger partial charge in [0.25, 0.3) is 0 Å². The smallest absolute Gasteiger partial charge is 0.248 e. The highest BCUT2D eigenvalue weighted by atomic mass is 32.2. The second kappa shape index (κ2) is 7.38. The molecule has 2 aromatic rings. The number of rotatable bonds is 4. The van der Waals surface area contributed by atoms with Gasteiger partial charge in [-0.05, 0) is 57.7 Å². The van der Waals surface area contributed by atoms with Gasteiger partial charge < -0.3 is 9.54 Å². The van der Waals surface area contributed by atoms with Gasteiger partial charge in [-0.1, -0.05) is 0 Å². The monoisotopic (exact) mass is 394 g/mol. The minimum atomic E-state index is -2.63. The molecule has 1 saturated carbocycles. The van der Waals surface area contributed by atoms with Crippen LogP contribution in [0.2, 0.25) is 0 Å². The fourth-order valence-corrected chi connectivity index (χ4v) is 4.19. The largest absolute Gasteiger partial charge is 0.598 e. The summed E-state index contributed by atoms with van der Waals surface area (Å²) in [5.74, 6) is -2.14. The lowest BCUT2D eigenvalue weighted by molar-refractivity contribution is -0.0492. The molecule has 1 heterocycles. The lowest BCUT2D eigenvalue weighted by Crippen LogP contribution is -2.44. The van der Waals surface area contributed by atoms with Gasteiger partial charge in [-0.3, -0.25) is 0 Å². The van der Waals surface area contributed by atoms with Crippen molar-refractivity contribution in [1.82, 2.24) is 14.7 Å². The summed E-state index contributed by atoms with van der Waals surface area (Å²) in [6.45, 7) is 5.58. The van der Waals surface area contributed by atoms with Crippen LogP contribution in [0.4, 0.5) is 8.78 Å². The van der Waals surface area contributed by atoms with Gasteiger partial charge in [0.15, 0.2) is 0 Å². The van der Waals surface area contributed by atoms with Crippen LogP contribution in [0.5, 0.6) is 0 Å². The number of aromatic amines is 1. The lowest BCUT2D eigenvalue weighted by Gasteiger charge is -2.35. The number of nitrogens with zero attached hydrogens (tertiary/aromatic N) is 2. The van der Waals surface area contributed by atoms with Gasteiger partial charge in [-0.25, -0.2) is 13.8 Å². The van der Waals surface area contributed by atoms with E-state index in [1.54, 1.807) is 18.2 Å². The number of nitriles is 1. The van der Waals surface area contributed by atoms with Crippen LogP contribution in [0.3, 0.4) is 0 Å². The maximum absolute atomic E-state index is 13.6. The third kappa shape index (κ3) is 4.60. The van der Waals surface area contributed by atoms with Gasteiger partial charge in [0.1, 0.15) is 16.6 Å². The number of fused-ring (bicyclic) bond motifs is 1. The summed E-state index contributed by atoms with van der Waals surface area (Å²) in [7, 11) is 0. The van der Waals surface area contributed by atoms with Crippen LogP contribution in [0.15, 0.2) is 18.2 Å². The van der Waals surface area contributed by atoms with E-state index >= 15 is 0 Å². The molecule has 0 aliphatic heterocycles. The summed E-state index contributed by atoms with van der Waals surface area (Å²) in [5, 5.41) is 9.06. The Morgan fingerprint density at radius 3 is 2.63 bits per heavy atom. The molecule has 146 valence electrons. The maximum Gasteiger partial charge on any atom is 0.248 e. The molecule has 8 heteroatoms. The Kier molecular flexibility index (Phi) is 5.48. The lowest BCUT2D eigenvalue weighted by atomic mass is 9.82. The first-order chi connectivity index (χ1) is 12.6. The van der Waals surface area contributed by atoms with Crippen LogP contribution in [-0.2, 0) is 11.4 Å². The van der Waals surface area contributed by atoms with E-state index in [-0.39, 0.29) is 18.8 Å². The van der Waals surface area contributed by atoms with Crippen molar-refractivity contribution in [2.24, 2.45) is 5.92 Å². The molecule has 0 spiro atoms. The van der Waals surface area contributed by atoms with Gasteiger partial charge in [0, 0.05) is 24.2 Å². The van der Waals surface area contributed by atoms with Crippen molar-refractivity contribution < 1.29 is 13.3 Å². The molecule has 3 rings (SSSR count). The van der Waals surface area contributed by atoms with Crippen molar-refractivity contribution in [3.05, 3.63) is 29.6 Å². The zero-order valence-corrected chi connectivity index (χ0v) is 16.5. The van der Waals surface area contributed by atoms with E-state index < -0.39 is 28.1 Å². The number of nitrogens with one attached hydrogen (secondary N) is 2. The van der Waals surface area contributed by atoms with E-state index in [1.165, 1.54) is 0 Å². The molecule has 1 aliphatic rings. The van der Waals surface area contributed by atoms with Crippen LogP contribution in [0.1, 0.15) is 63.9 Å². The molecule has 1 unspecified atom stereocenters. The zero-order chi connectivity index (χ0) is 19.8. The molecule has 0 saturated heterocycles. The number of H-pyrrole nitrogens is 1. The van der Waals surface area contributed by atoms with Crippen molar-refractivity contribution in [2.75, 3.05) is 0 Å². The Balaban J connectivity index is 1.93. The summed E-state index contributed by atoms with van der Waals surface area (Å²) in [6, 6.07) is 6.82. The summed E-state index contributed by atoms with van der Waals surface area (Å²) in [6.07, 6.45) is 0.340. The van der Waals surface area contributed by atoms with E-state index in [9.17, 15) is 13.3 Å². The SMILES string of the molecule is CC(C)(C)[S+]([O-])N[C@H](c1nc2cc(C#N)ccc2[nH]1)C1CCC(F)(F)CC1. The fourth-order valence-electron chi connectivity index (χ4n) is 3.31. The van der Waals surface area contributed by atoms with Crippen LogP contribution < -0.4 is 4.72 Å². The fraction of sp³-hybridized carbons (Fsp3) is 0.579. The average molecular weight is 394 g/mol. The van der Waals surface area contributed by atoms with Gasteiger partial charge >= 0.3 is 0 Å². The summed E-state index contributed by atoms with van der Waals surface area (Å²) >= 11 is -1.37. The van der Waals surface area contributed by atoms with E-state index in [4.69, 9.17) is 5.26 Å². The van der Waals surface area contributed by atoms with Gasteiger partial charge in [-0.15, -0.1) is 4.72 Å². The Morgan fingerprint density at radius 2 is 2.04 bits per heavy atom. The number of aromatic nitrogens is 2. The minimum absolute atomic E-state index is 0.0908. The molecule has 0 amide bonds. The molecule has 5 nitrogen and oxygen atoms in total. The van der Waals surface area contributed by atoms with Crippen molar-refractivity contribution in [3.8, 4) is 6.07 Å². The van der Waals surface area contributed by atoms with Gasteiger partial charge in [0.05, 0.1) is 22.7 Å². The third-order valence-corrected chi connectivity index (χ3v) is 6.53. The highest BCUT2D eigenvalue weighted by Gasteiger charge is 2.41. The average Bonchev–Trinajstić information content (AvgIpc) is 3.01. The van der Waals surface area contributed by atoms with Crippen LogP contribution in [0, 0.1) is 17.2 Å². The van der Waals surface area contributed by atoms with E-state index in [2.05, 4.69) is 20.8 Å². The Labute approximate surface area is 160 Å². The molecule has 2 atom stereocenters. The normalized spacial score (nSPS) is 20.3. The summed E-state index contributed by atoms with van der Waals surface area (Å²) < 4.78 is 42.6. The number of benzene rings is 1. The third-order valence-electron chi connectivity index (χ3n) is 4.95. The zero-order valence-electron chi connectivity index (χ0n) is 15.7. The molecule has 1 aromatic carbocycles. The first-order valence-corrected chi connectivity index (χ1v) is 10.2. The van der Waals surface area contributed by atoms with Crippen LogP contribution in [0.25, 0.3) is 11.0 Å². The number of hydrogen-bond donors (Lipinski definition) is 2. The Morgan fingerprint density at radius 1 is 1.37 bits per heavy atom. The molecular formula is C19H24F2N4OS.